The topological polar surface area (TPSA) is 104 Å². The van der Waals surface area contributed by atoms with Gasteiger partial charge in [-0.25, -0.2) is 4.98 Å². The van der Waals surface area contributed by atoms with Gasteiger partial charge >= 0.3 is 6.18 Å². The number of carbonyl (C=O) groups is 2. The van der Waals surface area contributed by atoms with Crippen molar-refractivity contribution in [2.75, 3.05) is 19.6 Å². The zero-order valence-corrected chi connectivity index (χ0v) is 22.8. The number of imide groups is 1. The molecule has 43 heavy (non-hydrogen) atoms. The summed E-state index contributed by atoms with van der Waals surface area (Å²) in [7, 11) is 0. The molecule has 2 saturated heterocycles. The Balaban J connectivity index is 1.27. The molecule has 222 valence electrons. The van der Waals surface area contributed by atoms with Crippen LogP contribution in [0.5, 0.6) is 0 Å². The van der Waals surface area contributed by atoms with E-state index in [1.807, 2.05) is 9.47 Å². The van der Waals surface area contributed by atoms with Crippen molar-refractivity contribution in [1.29, 1.82) is 0 Å². The summed E-state index contributed by atoms with van der Waals surface area (Å²) in [4.78, 5) is 34.5. The Morgan fingerprint density at radius 1 is 1.02 bits per heavy atom. The average Bonchev–Trinajstić information content (AvgIpc) is 3.69. The number of aliphatic hydroxyl groups is 1. The summed E-state index contributed by atoms with van der Waals surface area (Å²) >= 11 is 0. The van der Waals surface area contributed by atoms with Gasteiger partial charge in [0.2, 0.25) is 0 Å². The Kier molecular flexibility index (Phi) is 5.86. The van der Waals surface area contributed by atoms with Crippen LogP contribution < -0.4 is 5.32 Å². The van der Waals surface area contributed by atoms with Crippen LogP contribution in [0.15, 0.2) is 48.9 Å². The quantitative estimate of drug-likeness (QED) is 0.352. The number of fused-ring (bicyclic) bond motifs is 3. The number of halogens is 3. The lowest BCUT2D eigenvalue weighted by atomic mass is 9.96. The number of aliphatic hydroxyl groups excluding tert-OH is 1. The summed E-state index contributed by atoms with van der Waals surface area (Å²) < 4.78 is 52.2. The minimum Gasteiger partial charge on any atom is -0.372 e. The highest BCUT2D eigenvalue weighted by Crippen LogP contribution is 2.41. The van der Waals surface area contributed by atoms with E-state index in [1.54, 1.807) is 39.9 Å². The number of hydrogen-bond acceptors (Lipinski definition) is 7. The van der Waals surface area contributed by atoms with Crippen molar-refractivity contribution in [2.45, 2.75) is 50.7 Å². The first-order valence-electron chi connectivity index (χ1n) is 14.2. The highest BCUT2D eigenvalue weighted by Gasteiger charge is 2.40. The number of ether oxygens (including phenoxy) is 1. The normalized spacial score (nSPS) is 23.9. The summed E-state index contributed by atoms with van der Waals surface area (Å²) in [6.07, 6.45) is 1.16. The van der Waals surface area contributed by atoms with Crippen LogP contribution in [0.4, 0.5) is 13.2 Å². The van der Waals surface area contributed by atoms with Crippen LogP contribution in [0.25, 0.3) is 27.7 Å². The van der Waals surface area contributed by atoms with E-state index in [1.165, 1.54) is 6.20 Å². The maximum absolute atomic E-state index is 14.3. The van der Waals surface area contributed by atoms with Crippen LogP contribution in [0.2, 0.25) is 0 Å². The first kappa shape index (κ1) is 26.6. The SMILES string of the molecule is O=C1NC(=O)C(c2cnc3ccccn23)=C1c1cn2c3c(cc(C(F)(F)F)cc13)CN(C(O)N1CC3CCC(C1)O3)CC2. The first-order chi connectivity index (χ1) is 20.7. The van der Waals surface area contributed by atoms with Gasteiger partial charge in [-0.15, -0.1) is 0 Å². The number of pyridine rings is 1. The molecule has 13 heteroatoms. The van der Waals surface area contributed by atoms with E-state index in [2.05, 4.69) is 10.3 Å². The Bertz CT molecular complexity index is 1850. The van der Waals surface area contributed by atoms with Crippen LogP contribution in [-0.2, 0) is 33.6 Å². The van der Waals surface area contributed by atoms with E-state index in [4.69, 9.17) is 4.74 Å². The number of imidazole rings is 1. The first-order valence-corrected chi connectivity index (χ1v) is 14.2. The number of amides is 2. The van der Waals surface area contributed by atoms with Crippen molar-refractivity contribution < 1.29 is 32.6 Å². The van der Waals surface area contributed by atoms with Crippen LogP contribution in [0.3, 0.4) is 0 Å². The van der Waals surface area contributed by atoms with Crippen LogP contribution >= 0.6 is 0 Å². The van der Waals surface area contributed by atoms with Crippen molar-refractivity contribution in [3.8, 4) is 0 Å². The highest BCUT2D eigenvalue weighted by atomic mass is 19.4. The van der Waals surface area contributed by atoms with Gasteiger partial charge in [-0.3, -0.25) is 29.1 Å². The molecule has 7 heterocycles. The molecule has 0 spiro atoms. The third kappa shape index (κ3) is 4.21. The summed E-state index contributed by atoms with van der Waals surface area (Å²) in [6.45, 7) is 1.91. The van der Waals surface area contributed by atoms with Gasteiger partial charge in [0.05, 0.1) is 46.3 Å². The zero-order valence-electron chi connectivity index (χ0n) is 22.8. The predicted octanol–water partition coefficient (Wildman–Crippen LogP) is 2.83. The largest absolute Gasteiger partial charge is 0.416 e. The van der Waals surface area contributed by atoms with E-state index in [0.717, 1.165) is 25.0 Å². The summed E-state index contributed by atoms with van der Waals surface area (Å²) in [6, 6.07) is 7.47. The van der Waals surface area contributed by atoms with Crippen molar-refractivity contribution >= 4 is 39.5 Å². The molecule has 3 atom stereocenters. The van der Waals surface area contributed by atoms with Gasteiger partial charge in [-0.2, -0.15) is 13.2 Å². The van der Waals surface area contributed by atoms with E-state index < -0.39 is 29.9 Å². The number of aromatic nitrogens is 3. The highest BCUT2D eigenvalue weighted by molar-refractivity contribution is 6.49. The van der Waals surface area contributed by atoms with E-state index in [9.17, 15) is 27.9 Å². The molecule has 4 aliphatic heterocycles. The summed E-state index contributed by atoms with van der Waals surface area (Å²) in [5.41, 5.74) is 1.28. The third-order valence-corrected chi connectivity index (χ3v) is 8.98. The minimum atomic E-state index is -4.66. The van der Waals surface area contributed by atoms with Gasteiger partial charge in [0, 0.05) is 56.1 Å². The molecule has 0 saturated carbocycles. The summed E-state index contributed by atoms with van der Waals surface area (Å²) in [5.74, 6) is -1.32. The Morgan fingerprint density at radius 3 is 2.56 bits per heavy atom. The molecule has 4 aliphatic rings. The lowest BCUT2D eigenvalue weighted by molar-refractivity contribution is -0.163. The van der Waals surface area contributed by atoms with Gasteiger partial charge in [0.1, 0.15) is 5.65 Å². The second-order valence-electron chi connectivity index (χ2n) is 11.6. The Labute approximate surface area is 242 Å². The fourth-order valence-electron chi connectivity index (χ4n) is 7.06. The molecule has 8 rings (SSSR count). The molecule has 2 amide bonds. The molecule has 1 aromatic carbocycles. The Morgan fingerprint density at radius 2 is 1.79 bits per heavy atom. The number of hydrogen-bond donors (Lipinski definition) is 2. The number of carbonyl (C=O) groups excluding carboxylic acids is 2. The van der Waals surface area contributed by atoms with Crippen LogP contribution in [0.1, 0.15) is 35.2 Å². The fraction of sp³-hybridized carbons (Fsp3) is 0.367. The second kappa shape index (κ2) is 9.48. The number of nitrogens with one attached hydrogen (secondary N) is 1. The van der Waals surface area contributed by atoms with Gasteiger partial charge in [-0.05, 0) is 42.7 Å². The molecule has 0 radical (unpaired) electrons. The molecule has 3 aromatic heterocycles. The number of morpholine rings is 1. The lowest BCUT2D eigenvalue weighted by Gasteiger charge is -2.40. The number of alkyl halides is 3. The van der Waals surface area contributed by atoms with Crippen molar-refractivity contribution in [2.24, 2.45) is 0 Å². The fourth-order valence-corrected chi connectivity index (χ4v) is 7.06. The molecule has 3 unspecified atom stereocenters. The number of nitrogens with zero attached hydrogens (tertiary/aromatic N) is 5. The van der Waals surface area contributed by atoms with Gasteiger partial charge in [0.25, 0.3) is 11.8 Å². The smallest absolute Gasteiger partial charge is 0.372 e. The van der Waals surface area contributed by atoms with Crippen LogP contribution in [0, 0.1) is 0 Å². The maximum atomic E-state index is 14.3. The third-order valence-electron chi connectivity index (χ3n) is 8.98. The molecular weight excluding hydrogens is 565 g/mol. The van der Waals surface area contributed by atoms with Crippen molar-refractivity contribution in [3.63, 3.8) is 0 Å². The van der Waals surface area contributed by atoms with E-state index in [0.29, 0.717) is 48.6 Å². The van der Waals surface area contributed by atoms with Gasteiger partial charge in [0.15, 0.2) is 6.35 Å². The number of benzene rings is 1. The van der Waals surface area contributed by atoms with E-state index in [-0.39, 0.29) is 40.8 Å². The number of likely N-dealkylation sites (tertiary alicyclic amines) is 1. The maximum Gasteiger partial charge on any atom is 0.416 e. The van der Waals surface area contributed by atoms with Crippen molar-refractivity contribution in [3.05, 3.63) is 71.3 Å². The molecule has 2 N–H and O–H groups in total. The van der Waals surface area contributed by atoms with Crippen molar-refractivity contribution in [1.82, 2.24) is 29.1 Å². The van der Waals surface area contributed by atoms with Gasteiger partial charge in [-0.1, -0.05) is 6.07 Å². The molecule has 0 aliphatic carbocycles. The minimum absolute atomic E-state index is 0.00549. The lowest BCUT2D eigenvalue weighted by Crippen LogP contribution is -2.55. The monoisotopic (exact) mass is 592 g/mol. The predicted molar refractivity (Wildman–Crippen MR) is 148 cm³/mol. The Hall–Kier alpha value is -4.04. The molecule has 10 nitrogen and oxygen atoms in total. The standard InChI is InChI=1S/C30H27F3N6O4/c31-30(32,33)17-9-16-12-37(29(42)38-13-18-4-5-19(14-38)43-18)8-7-36-15-21(20(10-17)26(16)36)24-25(28(41)35-27(24)40)22-11-34-23-3-1-2-6-39(22)23/h1-3,6,9-11,15,18-19,29,42H,4-5,7-8,12-14H2,(H,35,40,41). The molecule has 2 fully saturated rings. The van der Waals surface area contributed by atoms with Crippen LogP contribution in [-0.4, -0.2) is 78.9 Å². The molecule has 2 bridgehead atoms. The second-order valence-corrected chi connectivity index (χ2v) is 11.6. The zero-order chi connectivity index (χ0) is 29.6. The average molecular weight is 593 g/mol. The van der Waals surface area contributed by atoms with Gasteiger partial charge < -0.3 is 14.4 Å². The molecule has 4 aromatic rings. The number of rotatable bonds is 4. The summed E-state index contributed by atoms with van der Waals surface area (Å²) in [5, 5.41) is 13.9. The molecular formula is C30H27F3N6O4. The van der Waals surface area contributed by atoms with E-state index >= 15 is 0 Å².